The first kappa shape index (κ1) is 32.4. The smallest absolute Gasteiger partial charge is 0.249 e. The Morgan fingerprint density at radius 2 is 1.76 bits per heavy atom. The number of ether oxygens (including phenoxy) is 1. The van der Waals surface area contributed by atoms with E-state index in [2.05, 4.69) is 49.9 Å². The molecule has 4 rings (SSSR count). The number of aliphatic hydroxyl groups excluding tert-OH is 1. The number of alkyl halides is 1. The molecule has 230 valence electrons. The molecule has 1 spiro atoms. The first-order valence-corrected chi connectivity index (χ1v) is 15.6. The van der Waals surface area contributed by atoms with E-state index in [4.69, 9.17) is 4.74 Å². The number of likely N-dealkylation sites (tertiary alicyclic amines) is 1. The molecular formula is C33H46BrN3O5. The molecule has 0 aliphatic carbocycles. The summed E-state index contributed by atoms with van der Waals surface area (Å²) in [5.74, 6) is -2.45. The van der Waals surface area contributed by atoms with Crippen LogP contribution in [0.5, 0.6) is 0 Å². The van der Waals surface area contributed by atoms with Gasteiger partial charge in [0.25, 0.3) is 0 Å². The summed E-state index contributed by atoms with van der Waals surface area (Å²) in [6.45, 7) is 18.4. The number of nitrogens with zero attached hydrogens (tertiary/aromatic N) is 3. The lowest BCUT2D eigenvalue weighted by Gasteiger charge is -2.46. The molecule has 1 N–H and O–H groups in total. The molecule has 9 heteroatoms. The lowest BCUT2D eigenvalue weighted by molar-refractivity contribution is -0.156. The average Bonchev–Trinajstić information content (AvgIpc) is 3.50. The number of aliphatic hydroxyl groups is 1. The van der Waals surface area contributed by atoms with E-state index >= 15 is 4.79 Å². The van der Waals surface area contributed by atoms with Gasteiger partial charge < -0.3 is 24.5 Å². The summed E-state index contributed by atoms with van der Waals surface area (Å²) < 4.78 is 6.73. The Balaban J connectivity index is 1.89. The first-order valence-electron chi connectivity index (χ1n) is 14.7. The van der Waals surface area contributed by atoms with Gasteiger partial charge in [-0.15, -0.1) is 13.2 Å². The molecule has 3 amide bonds. The number of halogens is 1. The van der Waals surface area contributed by atoms with Gasteiger partial charge in [-0.2, -0.15) is 0 Å². The fourth-order valence-corrected chi connectivity index (χ4v) is 8.78. The summed E-state index contributed by atoms with van der Waals surface area (Å²) in [6, 6.07) is 7.42. The number of likely N-dealkylation sites (N-methyl/N-ethyl adjacent to an activating group) is 1. The average molecular weight is 645 g/mol. The van der Waals surface area contributed by atoms with Crippen LogP contribution in [0.2, 0.25) is 0 Å². The summed E-state index contributed by atoms with van der Waals surface area (Å²) >= 11 is 3.75. The molecule has 3 heterocycles. The zero-order chi connectivity index (χ0) is 31.2. The Hall–Kier alpha value is -2.49. The third-order valence-corrected chi connectivity index (χ3v) is 9.83. The Morgan fingerprint density at radius 3 is 2.31 bits per heavy atom. The van der Waals surface area contributed by atoms with Crippen LogP contribution in [0, 0.1) is 17.3 Å². The van der Waals surface area contributed by atoms with Gasteiger partial charge in [0.05, 0.1) is 30.6 Å². The molecule has 3 unspecified atom stereocenters. The normalized spacial score (nSPS) is 29.3. The molecule has 3 fully saturated rings. The summed E-state index contributed by atoms with van der Waals surface area (Å²) in [7, 11) is 1.69. The van der Waals surface area contributed by atoms with E-state index in [9.17, 15) is 14.7 Å². The van der Waals surface area contributed by atoms with E-state index in [1.165, 1.54) is 4.90 Å². The number of benzene rings is 1. The topological polar surface area (TPSA) is 90.4 Å². The van der Waals surface area contributed by atoms with Crippen molar-refractivity contribution in [3.8, 4) is 0 Å². The molecule has 0 radical (unpaired) electrons. The number of amides is 3. The highest BCUT2D eigenvalue weighted by Gasteiger charge is 2.77. The molecule has 1 aromatic rings. The van der Waals surface area contributed by atoms with E-state index in [1.54, 1.807) is 29.0 Å². The molecule has 42 heavy (non-hydrogen) atoms. The van der Waals surface area contributed by atoms with Gasteiger partial charge in [-0.05, 0) is 37.7 Å². The monoisotopic (exact) mass is 643 g/mol. The maximum Gasteiger partial charge on any atom is 0.249 e. The van der Waals surface area contributed by atoms with Crippen molar-refractivity contribution >= 4 is 33.7 Å². The standard InChI is InChI=1S/C33H46BrN3O5/c1-9-16-35(8)28(39)24-25-29(40)37(23(19-38)21-14-12-11-13-15-21)27(33(25)18-22(34)26(24)42-33)30(41)36(17-10-2)32(6,7)20-31(3,4)5/h9-15,22-27,38H,1-2,16-20H2,3-8H3/t22?,23-,24-,25+,26-,27?,33?/m1/s1. The van der Waals surface area contributed by atoms with E-state index in [0.29, 0.717) is 24.9 Å². The number of hydrogen-bond donors (Lipinski definition) is 1. The van der Waals surface area contributed by atoms with Crippen molar-refractivity contribution in [1.82, 2.24) is 14.7 Å². The van der Waals surface area contributed by atoms with Crippen molar-refractivity contribution in [3.63, 3.8) is 0 Å². The van der Waals surface area contributed by atoms with Crippen molar-refractivity contribution in [2.75, 3.05) is 26.7 Å². The number of rotatable bonds is 11. The maximum absolute atomic E-state index is 15.0. The van der Waals surface area contributed by atoms with Crippen molar-refractivity contribution in [2.24, 2.45) is 17.3 Å². The second kappa shape index (κ2) is 11.9. The number of carbonyl (C=O) groups excluding carboxylic acids is 3. The van der Waals surface area contributed by atoms with Crippen molar-refractivity contribution < 1.29 is 24.2 Å². The summed E-state index contributed by atoms with van der Waals surface area (Å²) in [6.07, 6.45) is 3.89. The first-order chi connectivity index (χ1) is 19.6. The van der Waals surface area contributed by atoms with Gasteiger partial charge in [-0.3, -0.25) is 14.4 Å². The van der Waals surface area contributed by atoms with Crippen molar-refractivity contribution in [3.05, 3.63) is 61.2 Å². The highest BCUT2D eigenvalue weighted by molar-refractivity contribution is 9.09. The molecule has 0 aromatic heterocycles. The maximum atomic E-state index is 15.0. The molecular weight excluding hydrogens is 598 g/mol. The van der Waals surface area contributed by atoms with E-state index in [0.717, 1.165) is 0 Å². The quantitative estimate of drug-likeness (QED) is 0.286. The Labute approximate surface area is 258 Å². The van der Waals surface area contributed by atoms with Crippen LogP contribution in [-0.4, -0.2) is 92.4 Å². The number of fused-ring (bicyclic) bond motifs is 1. The minimum absolute atomic E-state index is 0.0800. The lowest BCUT2D eigenvalue weighted by Crippen LogP contribution is -2.61. The zero-order valence-electron chi connectivity index (χ0n) is 25.8. The van der Waals surface area contributed by atoms with Crippen LogP contribution in [0.4, 0.5) is 0 Å². The largest absolute Gasteiger partial charge is 0.394 e. The van der Waals surface area contributed by atoms with E-state index in [1.807, 2.05) is 44.2 Å². The summed E-state index contributed by atoms with van der Waals surface area (Å²) in [4.78, 5) is 48.2. The predicted molar refractivity (Wildman–Crippen MR) is 167 cm³/mol. The minimum Gasteiger partial charge on any atom is -0.394 e. The van der Waals surface area contributed by atoms with Crippen LogP contribution in [0.1, 0.15) is 59.1 Å². The number of carbonyl (C=O) groups is 3. The third kappa shape index (κ3) is 5.48. The second-order valence-corrected chi connectivity index (χ2v) is 15.0. The fraction of sp³-hybridized carbons (Fsp3) is 0.606. The Bertz CT molecular complexity index is 1210. The SMILES string of the molecule is C=CCN(C)C(=O)[C@H]1[C@@H]2OC3(CC2Br)C(C(=O)N(CC=C)C(C)(C)CC(C)(C)C)N([C@H](CO)c2ccccc2)C(=O)[C@H]13. The van der Waals surface area contributed by atoms with Crippen LogP contribution in [0.25, 0.3) is 0 Å². The van der Waals surface area contributed by atoms with Gasteiger partial charge in [0.2, 0.25) is 17.7 Å². The van der Waals surface area contributed by atoms with Gasteiger partial charge in [0.1, 0.15) is 11.6 Å². The van der Waals surface area contributed by atoms with E-state index in [-0.39, 0.29) is 41.1 Å². The van der Waals surface area contributed by atoms with Crippen LogP contribution < -0.4 is 0 Å². The lowest BCUT2D eigenvalue weighted by atomic mass is 9.70. The molecule has 2 bridgehead atoms. The zero-order valence-corrected chi connectivity index (χ0v) is 27.3. The van der Waals surface area contributed by atoms with Crippen molar-refractivity contribution in [2.45, 2.75) is 81.6 Å². The van der Waals surface area contributed by atoms with Gasteiger partial charge in [-0.1, -0.05) is 79.2 Å². The van der Waals surface area contributed by atoms with Crippen LogP contribution in [0.15, 0.2) is 55.6 Å². The molecule has 3 aliphatic heterocycles. The third-order valence-electron chi connectivity index (χ3n) is 8.99. The van der Waals surface area contributed by atoms with Crippen LogP contribution in [-0.2, 0) is 19.1 Å². The minimum atomic E-state index is -1.23. The van der Waals surface area contributed by atoms with Gasteiger partial charge >= 0.3 is 0 Å². The van der Waals surface area contributed by atoms with Gasteiger partial charge in [0, 0.05) is 30.5 Å². The second-order valence-electron chi connectivity index (χ2n) is 13.8. The fourth-order valence-electron chi connectivity index (χ4n) is 7.84. The highest BCUT2D eigenvalue weighted by atomic mass is 79.9. The summed E-state index contributed by atoms with van der Waals surface area (Å²) in [5, 5.41) is 10.8. The Morgan fingerprint density at radius 1 is 1.14 bits per heavy atom. The summed E-state index contributed by atoms with van der Waals surface area (Å²) in [5.41, 5.74) is -1.19. The molecule has 0 saturated carbocycles. The van der Waals surface area contributed by atoms with Crippen molar-refractivity contribution in [1.29, 1.82) is 0 Å². The van der Waals surface area contributed by atoms with E-state index < -0.39 is 41.2 Å². The highest BCUT2D eigenvalue weighted by Crippen LogP contribution is 2.61. The van der Waals surface area contributed by atoms with Crippen LogP contribution in [0.3, 0.4) is 0 Å². The number of hydrogen-bond acceptors (Lipinski definition) is 5. The molecule has 7 atom stereocenters. The molecule has 1 aromatic carbocycles. The molecule has 3 aliphatic rings. The Kier molecular flexibility index (Phi) is 9.18. The predicted octanol–water partition coefficient (Wildman–Crippen LogP) is 4.34. The van der Waals surface area contributed by atoms with Crippen LogP contribution >= 0.6 is 15.9 Å². The molecule has 3 saturated heterocycles. The molecule has 8 nitrogen and oxygen atoms in total. The van der Waals surface area contributed by atoms with Gasteiger partial charge in [-0.25, -0.2) is 0 Å². The van der Waals surface area contributed by atoms with Gasteiger partial charge in [0.15, 0.2) is 0 Å².